The van der Waals surface area contributed by atoms with E-state index in [0.29, 0.717) is 15.9 Å². The minimum atomic E-state index is -3.69. The molecule has 0 spiro atoms. The van der Waals surface area contributed by atoms with Crippen molar-refractivity contribution in [3.8, 4) is 0 Å². The van der Waals surface area contributed by atoms with E-state index in [-0.39, 0.29) is 10.8 Å². The molecule has 2 aromatic rings. The van der Waals surface area contributed by atoms with E-state index in [0.717, 1.165) is 11.3 Å². The van der Waals surface area contributed by atoms with Gasteiger partial charge in [-0.05, 0) is 38.1 Å². The number of hydrogen-bond acceptors (Lipinski definition) is 5. The molecular formula is C12H14ClNO4S2. The standard InChI is InChI=1S/C12H14ClNO4S2/c1-8-3-4-9(18-8)12(2,15)7-14-20(16,17)11-6-5-10(13)19-11/h3-6,14-15H,7H2,1-2H3. The quantitative estimate of drug-likeness (QED) is 0.879. The Balaban J connectivity index is 2.11. The fraction of sp³-hybridized carbons (Fsp3) is 0.333. The van der Waals surface area contributed by atoms with Crippen LogP contribution in [-0.4, -0.2) is 20.1 Å². The van der Waals surface area contributed by atoms with Crippen molar-refractivity contribution < 1.29 is 17.9 Å². The van der Waals surface area contributed by atoms with Gasteiger partial charge in [0.15, 0.2) is 0 Å². The van der Waals surface area contributed by atoms with Crippen molar-refractivity contribution in [1.29, 1.82) is 0 Å². The lowest BCUT2D eigenvalue weighted by atomic mass is 10.1. The number of sulfonamides is 1. The van der Waals surface area contributed by atoms with Gasteiger partial charge in [0, 0.05) is 6.54 Å². The van der Waals surface area contributed by atoms with Crippen molar-refractivity contribution in [3.05, 3.63) is 40.1 Å². The van der Waals surface area contributed by atoms with Gasteiger partial charge in [-0.1, -0.05) is 11.6 Å². The molecule has 20 heavy (non-hydrogen) atoms. The van der Waals surface area contributed by atoms with Gasteiger partial charge in [0.05, 0.1) is 4.34 Å². The van der Waals surface area contributed by atoms with Crippen molar-refractivity contribution in [1.82, 2.24) is 4.72 Å². The topological polar surface area (TPSA) is 79.5 Å². The molecule has 0 aliphatic carbocycles. The lowest BCUT2D eigenvalue weighted by Crippen LogP contribution is -2.38. The first-order valence-electron chi connectivity index (χ1n) is 5.75. The van der Waals surface area contributed by atoms with Gasteiger partial charge in [-0.15, -0.1) is 11.3 Å². The Morgan fingerprint density at radius 1 is 1.40 bits per heavy atom. The smallest absolute Gasteiger partial charge is 0.250 e. The summed E-state index contributed by atoms with van der Waals surface area (Å²) in [5.74, 6) is 0.954. The Morgan fingerprint density at radius 2 is 2.10 bits per heavy atom. The molecule has 2 aromatic heterocycles. The molecule has 0 aromatic carbocycles. The highest BCUT2D eigenvalue weighted by atomic mass is 35.5. The van der Waals surface area contributed by atoms with Gasteiger partial charge in [-0.3, -0.25) is 0 Å². The number of halogens is 1. The minimum absolute atomic E-state index is 0.105. The van der Waals surface area contributed by atoms with Gasteiger partial charge in [0.2, 0.25) is 10.0 Å². The van der Waals surface area contributed by atoms with Crippen LogP contribution in [0.2, 0.25) is 4.34 Å². The summed E-state index contributed by atoms with van der Waals surface area (Å²) in [6.07, 6.45) is 0. The van der Waals surface area contributed by atoms with Crippen LogP contribution in [0.3, 0.4) is 0 Å². The number of thiophene rings is 1. The third-order valence-corrected chi connectivity index (χ3v) is 5.82. The number of hydrogen-bond donors (Lipinski definition) is 2. The highest BCUT2D eigenvalue weighted by Crippen LogP contribution is 2.27. The van der Waals surface area contributed by atoms with Gasteiger partial charge >= 0.3 is 0 Å². The van der Waals surface area contributed by atoms with Crippen LogP contribution in [0, 0.1) is 6.92 Å². The van der Waals surface area contributed by atoms with Crippen molar-refractivity contribution in [2.24, 2.45) is 0 Å². The van der Waals surface area contributed by atoms with E-state index in [1.807, 2.05) is 0 Å². The average molecular weight is 336 g/mol. The maximum Gasteiger partial charge on any atom is 0.250 e. The molecule has 1 unspecified atom stereocenters. The first-order chi connectivity index (χ1) is 9.21. The molecule has 2 rings (SSSR count). The summed E-state index contributed by atoms with van der Waals surface area (Å²) in [4.78, 5) is 0. The largest absolute Gasteiger partial charge is 0.463 e. The fourth-order valence-corrected chi connectivity index (χ4v) is 4.22. The van der Waals surface area contributed by atoms with Crippen LogP contribution in [-0.2, 0) is 15.6 Å². The fourth-order valence-electron chi connectivity index (χ4n) is 1.56. The van der Waals surface area contributed by atoms with Gasteiger partial charge in [0.25, 0.3) is 0 Å². The Morgan fingerprint density at radius 3 is 2.60 bits per heavy atom. The first kappa shape index (κ1) is 15.5. The molecule has 8 heteroatoms. The average Bonchev–Trinajstić information content (AvgIpc) is 2.96. The lowest BCUT2D eigenvalue weighted by molar-refractivity contribution is 0.0388. The van der Waals surface area contributed by atoms with Crippen LogP contribution < -0.4 is 4.72 Å². The Kier molecular flexibility index (Phi) is 4.27. The molecule has 0 aliphatic heterocycles. The normalized spacial score (nSPS) is 15.2. The Bertz CT molecular complexity index is 703. The molecule has 0 amide bonds. The van der Waals surface area contributed by atoms with E-state index in [1.54, 1.807) is 19.1 Å². The van der Waals surface area contributed by atoms with Crippen LogP contribution in [0.5, 0.6) is 0 Å². The second kappa shape index (κ2) is 5.50. The Hall–Kier alpha value is -0.860. The summed E-state index contributed by atoms with van der Waals surface area (Å²) < 4.78 is 32.2. The van der Waals surface area contributed by atoms with E-state index in [2.05, 4.69) is 4.72 Å². The zero-order chi connectivity index (χ0) is 15.0. The number of nitrogens with one attached hydrogen (secondary N) is 1. The van der Waals surface area contributed by atoms with Gasteiger partial charge in [-0.2, -0.15) is 0 Å². The summed E-state index contributed by atoms with van der Waals surface area (Å²) >= 11 is 6.67. The predicted octanol–water partition coefficient (Wildman–Crippen LogP) is 2.49. The zero-order valence-corrected chi connectivity index (χ0v) is 13.3. The molecule has 5 nitrogen and oxygen atoms in total. The number of aliphatic hydroxyl groups is 1. The Labute approximate surface area is 126 Å². The minimum Gasteiger partial charge on any atom is -0.463 e. The van der Waals surface area contributed by atoms with Crippen LogP contribution in [0.4, 0.5) is 0 Å². The molecular weight excluding hydrogens is 322 g/mol. The monoisotopic (exact) mass is 335 g/mol. The molecule has 2 heterocycles. The van der Waals surface area contributed by atoms with Crippen LogP contribution in [0.15, 0.2) is 32.9 Å². The second-order valence-corrected chi connectivity index (χ2v) is 8.28. The summed E-state index contributed by atoms with van der Waals surface area (Å²) in [6.45, 7) is 3.03. The summed E-state index contributed by atoms with van der Waals surface area (Å²) in [5.41, 5.74) is -1.43. The molecule has 0 bridgehead atoms. The predicted molar refractivity (Wildman–Crippen MR) is 77.5 cm³/mol. The number of aryl methyl sites for hydroxylation is 1. The lowest BCUT2D eigenvalue weighted by Gasteiger charge is -2.20. The molecule has 0 radical (unpaired) electrons. The third-order valence-electron chi connectivity index (χ3n) is 2.69. The van der Waals surface area contributed by atoms with Crippen molar-refractivity contribution in [2.75, 3.05) is 6.54 Å². The summed E-state index contributed by atoms with van der Waals surface area (Å²) in [6, 6.07) is 6.25. The molecule has 0 saturated carbocycles. The van der Waals surface area contributed by atoms with E-state index < -0.39 is 15.6 Å². The van der Waals surface area contributed by atoms with Gasteiger partial charge in [-0.25, -0.2) is 13.1 Å². The number of furan rings is 1. The maximum atomic E-state index is 12.0. The van der Waals surface area contributed by atoms with E-state index >= 15 is 0 Å². The molecule has 0 aliphatic rings. The zero-order valence-electron chi connectivity index (χ0n) is 10.9. The molecule has 2 N–H and O–H groups in total. The van der Waals surface area contributed by atoms with Crippen LogP contribution in [0.1, 0.15) is 18.4 Å². The molecule has 110 valence electrons. The van der Waals surface area contributed by atoms with E-state index in [1.165, 1.54) is 19.1 Å². The van der Waals surface area contributed by atoms with Crippen molar-refractivity contribution in [2.45, 2.75) is 23.7 Å². The SMILES string of the molecule is Cc1ccc(C(C)(O)CNS(=O)(=O)c2ccc(Cl)s2)o1. The molecule has 0 fully saturated rings. The van der Waals surface area contributed by atoms with Crippen molar-refractivity contribution in [3.63, 3.8) is 0 Å². The molecule has 0 saturated heterocycles. The second-order valence-electron chi connectivity index (χ2n) is 4.57. The van der Waals surface area contributed by atoms with Gasteiger partial charge in [0.1, 0.15) is 21.3 Å². The molecule has 1 atom stereocenters. The highest BCUT2D eigenvalue weighted by Gasteiger charge is 2.29. The van der Waals surface area contributed by atoms with Gasteiger partial charge < -0.3 is 9.52 Å². The van der Waals surface area contributed by atoms with Crippen LogP contribution >= 0.6 is 22.9 Å². The first-order valence-corrected chi connectivity index (χ1v) is 8.43. The highest BCUT2D eigenvalue weighted by molar-refractivity contribution is 7.91. The third kappa shape index (κ3) is 3.42. The van der Waals surface area contributed by atoms with Crippen LogP contribution in [0.25, 0.3) is 0 Å². The van der Waals surface area contributed by atoms with E-state index in [4.69, 9.17) is 16.0 Å². The number of rotatable bonds is 5. The maximum absolute atomic E-state index is 12.0. The van der Waals surface area contributed by atoms with Crippen molar-refractivity contribution >= 4 is 33.0 Å². The van der Waals surface area contributed by atoms with E-state index in [9.17, 15) is 13.5 Å². The summed E-state index contributed by atoms with van der Waals surface area (Å²) in [7, 11) is -3.69. The summed E-state index contributed by atoms with van der Waals surface area (Å²) in [5, 5.41) is 10.3.